The summed E-state index contributed by atoms with van der Waals surface area (Å²) < 4.78 is 40.6. The second kappa shape index (κ2) is 5.20. The number of rotatable bonds is 4. The molecule has 1 amide bonds. The summed E-state index contributed by atoms with van der Waals surface area (Å²) in [6, 6.07) is 4.32. The molecule has 6 nitrogen and oxygen atoms in total. The van der Waals surface area contributed by atoms with Crippen molar-refractivity contribution >= 4 is 15.9 Å². The molecule has 0 bridgehead atoms. The van der Waals surface area contributed by atoms with Crippen molar-refractivity contribution in [3.8, 4) is 0 Å². The maximum Gasteiger partial charge on any atom is 0.264 e. The van der Waals surface area contributed by atoms with E-state index in [4.69, 9.17) is 0 Å². The van der Waals surface area contributed by atoms with Crippen LogP contribution in [-0.4, -0.2) is 24.1 Å². The molecule has 1 aliphatic carbocycles. The number of nitrogens with zero attached hydrogens (tertiary/aromatic N) is 2. The molecule has 1 aliphatic rings. The molecule has 8 heteroatoms. The molecular weight excluding hydrogens is 309 g/mol. The third-order valence-corrected chi connectivity index (χ3v) is 5.00. The number of carbonyl (C=O) groups excluding carboxylic acids is 1. The fourth-order valence-electron chi connectivity index (χ4n) is 2.37. The highest BCUT2D eigenvalue weighted by Gasteiger charge is 2.45. The number of halogens is 1. The smallest absolute Gasteiger partial charge is 0.264 e. The maximum absolute atomic E-state index is 12.8. The molecule has 0 spiro atoms. The Bertz CT molecular complexity index is 814. The van der Waals surface area contributed by atoms with Gasteiger partial charge in [-0.05, 0) is 42.2 Å². The molecule has 2 aromatic rings. The van der Waals surface area contributed by atoms with E-state index in [2.05, 4.69) is 5.10 Å². The lowest BCUT2D eigenvalue weighted by molar-refractivity contribution is -0.120. The van der Waals surface area contributed by atoms with Crippen molar-refractivity contribution in [2.75, 3.05) is 0 Å². The number of aryl methyl sites for hydroxylation is 1. The Balaban J connectivity index is 1.68. The van der Waals surface area contributed by atoms with Crippen LogP contribution in [0.2, 0.25) is 0 Å². The van der Waals surface area contributed by atoms with Crippen LogP contribution in [0.1, 0.15) is 17.9 Å². The molecule has 22 heavy (non-hydrogen) atoms. The van der Waals surface area contributed by atoms with Crippen LogP contribution >= 0.6 is 0 Å². The van der Waals surface area contributed by atoms with Crippen molar-refractivity contribution < 1.29 is 17.6 Å². The summed E-state index contributed by atoms with van der Waals surface area (Å²) in [4.78, 5) is 11.9. The molecule has 3 rings (SSSR count). The van der Waals surface area contributed by atoms with Gasteiger partial charge in [0.25, 0.3) is 10.0 Å². The average molecular weight is 323 g/mol. The number of carbonyl (C=O) groups is 1. The number of hydrogen-bond donors (Lipinski definition) is 1. The Morgan fingerprint density at radius 1 is 1.36 bits per heavy atom. The summed E-state index contributed by atoms with van der Waals surface area (Å²) in [5, 5.41) is 4.03. The van der Waals surface area contributed by atoms with Gasteiger partial charge in [0.2, 0.25) is 5.91 Å². The quantitative estimate of drug-likeness (QED) is 0.916. The standard InChI is InChI=1S/C14H14FN3O3S/c1-18-8-9(7-16-18)12-6-13(12)14(19)17-22(20,21)11-4-2-10(15)3-5-11/h2-5,7-8,12-13H,6H2,1H3,(H,17,19). The van der Waals surface area contributed by atoms with Crippen LogP contribution in [0.5, 0.6) is 0 Å². The van der Waals surface area contributed by atoms with Gasteiger partial charge in [-0.1, -0.05) is 0 Å². The second-order valence-corrected chi connectivity index (χ2v) is 7.00. The summed E-state index contributed by atoms with van der Waals surface area (Å²) in [5.41, 5.74) is 0.918. The molecule has 1 saturated carbocycles. The van der Waals surface area contributed by atoms with Gasteiger partial charge in [-0.3, -0.25) is 9.48 Å². The molecular formula is C14H14FN3O3S. The highest BCUT2D eigenvalue weighted by Crippen LogP contribution is 2.47. The third-order valence-electron chi connectivity index (χ3n) is 3.64. The first-order valence-electron chi connectivity index (χ1n) is 6.67. The number of sulfonamides is 1. The molecule has 1 fully saturated rings. The summed E-state index contributed by atoms with van der Waals surface area (Å²) >= 11 is 0. The molecule has 116 valence electrons. The fourth-order valence-corrected chi connectivity index (χ4v) is 3.39. The number of amides is 1. The largest absolute Gasteiger partial charge is 0.276 e. The highest BCUT2D eigenvalue weighted by molar-refractivity contribution is 7.90. The third kappa shape index (κ3) is 2.87. The molecule has 1 heterocycles. The number of nitrogens with one attached hydrogen (secondary N) is 1. The topological polar surface area (TPSA) is 81.1 Å². The van der Waals surface area contributed by atoms with Crippen LogP contribution in [0.15, 0.2) is 41.6 Å². The van der Waals surface area contributed by atoms with E-state index < -0.39 is 21.7 Å². The molecule has 1 N–H and O–H groups in total. The van der Waals surface area contributed by atoms with Gasteiger partial charge in [0.05, 0.1) is 11.1 Å². The molecule has 1 aromatic carbocycles. The van der Waals surface area contributed by atoms with Crippen LogP contribution < -0.4 is 4.72 Å². The minimum atomic E-state index is -3.97. The highest BCUT2D eigenvalue weighted by atomic mass is 32.2. The zero-order valence-electron chi connectivity index (χ0n) is 11.7. The Morgan fingerprint density at radius 2 is 2.05 bits per heavy atom. The van der Waals surface area contributed by atoms with Crippen LogP contribution in [0, 0.1) is 11.7 Å². The van der Waals surface area contributed by atoms with E-state index in [0.717, 1.165) is 29.8 Å². The SMILES string of the molecule is Cn1cc(C2CC2C(=O)NS(=O)(=O)c2ccc(F)cc2)cn1. The van der Waals surface area contributed by atoms with E-state index in [0.29, 0.717) is 6.42 Å². The van der Waals surface area contributed by atoms with Crippen molar-refractivity contribution in [1.29, 1.82) is 0 Å². The van der Waals surface area contributed by atoms with Crippen molar-refractivity contribution in [2.24, 2.45) is 13.0 Å². The monoisotopic (exact) mass is 323 g/mol. The maximum atomic E-state index is 12.8. The van der Waals surface area contributed by atoms with E-state index in [1.807, 2.05) is 10.9 Å². The molecule has 0 saturated heterocycles. The Hall–Kier alpha value is -2.22. The predicted octanol–water partition coefficient (Wildman–Crippen LogP) is 1.17. The van der Waals surface area contributed by atoms with Gasteiger partial charge in [-0.25, -0.2) is 17.5 Å². The summed E-state index contributed by atoms with van der Waals surface area (Å²) in [6.45, 7) is 0. The Morgan fingerprint density at radius 3 is 2.64 bits per heavy atom. The lowest BCUT2D eigenvalue weighted by Gasteiger charge is -2.06. The van der Waals surface area contributed by atoms with Crippen molar-refractivity contribution in [3.05, 3.63) is 48.0 Å². The van der Waals surface area contributed by atoms with E-state index in [-0.39, 0.29) is 16.7 Å². The van der Waals surface area contributed by atoms with Gasteiger partial charge in [0, 0.05) is 19.2 Å². The van der Waals surface area contributed by atoms with Gasteiger partial charge < -0.3 is 0 Å². The second-order valence-electron chi connectivity index (χ2n) is 5.32. The minimum absolute atomic E-state index is 0.00267. The number of benzene rings is 1. The lowest BCUT2D eigenvalue weighted by atomic mass is 10.2. The lowest BCUT2D eigenvalue weighted by Crippen LogP contribution is -2.32. The summed E-state index contributed by atoms with van der Waals surface area (Å²) in [6.07, 6.45) is 4.08. The van der Waals surface area contributed by atoms with E-state index in [1.165, 1.54) is 0 Å². The van der Waals surface area contributed by atoms with Gasteiger partial charge in [-0.2, -0.15) is 5.10 Å². The van der Waals surface area contributed by atoms with E-state index in [9.17, 15) is 17.6 Å². The first kappa shape index (κ1) is 14.7. The molecule has 2 atom stereocenters. The van der Waals surface area contributed by atoms with Gasteiger partial charge >= 0.3 is 0 Å². The first-order valence-corrected chi connectivity index (χ1v) is 8.16. The average Bonchev–Trinajstić information content (AvgIpc) is 3.14. The number of aromatic nitrogens is 2. The van der Waals surface area contributed by atoms with Crippen molar-refractivity contribution in [2.45, 2.75) is 17.2 Å². The van der Waals surface area contributed by atoms with E-state index in [1.54, 1.807) is 17.9 Å². The van der Waals surface area contributed by atoms with Gasteiger partial charge in [0.1, 0.15) is 5.82 Å². The van der Waals surface area contributed by atoms with Gasteiger partial charge in [0.15, 0.2) is 0 Å². The van der Waals surface area contributed by atoms with Crippen molar-refractivity contribution in [3.63, 3.8) is 0 Å². The minimum Gasteiger partial charge on any atom is -0.276 e. The number of hydrogen-bond acceptors (Lipinski definition) is 4. The van der Waals surface area contributed by atoms with Crippen molar-refractivity contribution in [1.82, 2.24) is 14.5 Å². The molecule has 0 aliphatic heterocycles. The van der Waals surface area contributed by atoms with Crippen LogP contribution in [0.4, 0.5) is 4.39 Å². The van der Waals surface area contributed by atoms with E-state index >= 15 is 0 Å². The molecule has 1 aromatic heterocycles. The normalized spacial score (nSPS) is 20.6. The Kier molecular flexibility index (Phi) is 3.48. The molecule has 2 unspecified atom stereocenters. The summed E-state index contributed by atoms with van der Waals surface area (Å²) in [5.74, 6) is -1.46. The molecule has 0 radical (unpaired) electrons. The zero-order valence-corrected chi connectivity index (χ0v) is 12.5. The fraction of sp³-hybridized carbons (Fsp3) is 0.286. The van der Waals surface area contributed by atoms with Crippen LogP contribution in [0.3, 0.4) is 0 Å². The van der Waals surface area contributed by atoms with Crippen LogP contribution in [0.25, 0.3) is 0 Å². The van der Waals surface area contributed by atoms with Gasteiger partial charge in [-0.15, -0.1) is 0 Å². The van der Waals surface area contributed by atoms with Crippen LogP contribution in [-0.2, 0) is 21.9 Å². The zero-order chi connectivity index (χ0) is 15.9. The Labute approximate surface area is 127 Å². The first-order chi connectivity index (χ1) is 10.4. The predicted molar refractivity (Wildman–Crippen MR) is 75.8 cm³/mol. The summed E-state index contributed by atoms with van der Waals surface area (Å²) in [7, 11) is -2.19.